The van der Waals surface area contributed by atoms with E-state index in [1.54, 1.807) is 6.92 Å². The maximum absolute atomic E-state index is 12.1. The van der Waals surface area contributed by atoms with Crippen molar-refractivity contribution >= 4 is 27.4 Å². The summed E-state index contributed by atoms with van der Waals surface area (Å²) in [7, 11) is -3.16. The van der Waals surface area contributed by atoms with Crippen LogP contribution in [0.3, 0.4) is 0 Å². The number of hydrogen-bond donors (Lipinski definition) is 0. The lowest BCUT2D eigenvalue weighted by Gasteiger charge is -2.27. The van der Waals surface area contributed by atoms with Crippen LogP contribution in [0, 0.1) is 6.92 Å². The van der Waals surface area contributed by atoms with Gasteiger partial charge in [0.1, 0.15) is 5.71 Å². The number of amides is 1. The van der Waals surface area contributed by atoms with E-state index in [0.29, 0.717) is 12.3 Å². The number of aromatic nitrogens is 2. The Kier molecular flexibility index (Phi) is 4.35. The molecule has 10 nitrogen and oxygen atoms in total. The molecule has 1 amide bonds. The number of carbonyl (C=O) groups excluding carboxylic acids is 2. The Balaban J connectivity index is 1.67. The summed E-state index contributed by atoms with van der Waals surface area (Å²) in [6.07, 6.45) is 0.557. The van der Waals surface area contributed by atoms with Crippen molar-refractivity contribution in [2.45, 2.75) is 38.8 Å². The van der Waals surface area contributed by atoms with E-state index >= 15 is 0 Å². The highest BCUT2D eigenvalue weighted by atomic mass is 32.2. The van der Waals surface area contributed by atoms with Crippen LogP contribution in [0.1, 0.15) is 31.0 Å². The van der Waals surface area contributed by atoms with E-state index in [2.05, 4.69) is 15.3 Å². The van der Waals surface area contributed by atoms with Crippen molar-refractivity contribution in [3.05, 3.63) is 11.8 Å². The van der Waals surface area contributed by atoms with Crippen LogP contribution in [-0.4, -0.2) is 58.8 Å². The summed E-state index contributed by atoms with van der Waals surface area (Å²) in [4.78, 5) is 24.1. The van der Waals surface area contributed by atoms with Crippen LogP contribution < -0.4 is 0 Å². The minimum atomic E-state index is -3.16. The average molecular weight is 356 g/mol. The number of aryl methyl sites for hydroxylation is 1. The van der Waals surface area contributed by atoms with E-state index in [0.717, 1.165) is 5.01 Å². The Morgan fingerprint density at radius 3 is 2.79 bits per heavy atom. The predicted molar refractivity (Wildman–Crippen MR) is 79.4 cm³/mol. The molecule has 1 saturated heterocycles. The molecule has 0 aliphatic carbocycles. The summed E-state index contributed by atoms with van der Waals surface area (Å²) in [6, 6.07) is -0.524. The van der Waals surface area contributed by atoms with Gasteiger partial charge in [0.15, 0.2) is 16.4 Å². The first kappa shape index (κ1) is 16.6. The molecule has 0 radical (unpaired) electrons. The monoisotopic (exact) mass is 356 g/mol. The molecule has 0 spiro atoms. The second-order valence-electron chi connectivity index (χ2n) is 5.63. The van der Waals surface area contributed by atoms with E-state index in [-0.39, 0.29) is 48.5 Å². The molecule has 0 aromatic carbocycles. The van der Waals surface area contributed by atoms with Gasteiger partial charge in [-0.1, -0.05) is 0 Å². The Hall–Kier alpha value is -2.30. The quantitative estimate of drug-likeness (QED) is 0.665. The fourth-order valence-electron chi connectivity index (χ4n) is 2.58. The summed E-state index contributed by atoms with van der Waals surface area (Å²) in [5.41, 5.74) is 0.0788. The van der Waals surface area contributed by atoms with E-state index < -0.39 is 21.8 Å². The molecule has 24 heavy (non-hydrogen) atoms. The molecule has 2 aliphatic heterocycles. The van der Waals surface area contributed by atoms with Gasteiger partial charge in [-0.05, 0) is 6.42 Å². The van der Waals surface area contributed by atoms with Crippen molar-refractivity contribution in [2.75, 3.05) is 11.5 Å². The summed E-state index contributed by atoms with van der Waals surface area (Å²) >= 11 is 0. The highest BCUT2D eigenvalue weighted by Gasteiger charge is 2.37. The van der Waals surface area contributed by atoms with Crippen LogP contribution in [0.25, 0.3) is 0 Å². The highest BCUT2D eigenvalue weighted by molar-refractivity contribution is 7.91. The highest BCUT2D eigenvalue weighted by Crippen LogP contribution is 2.22. The summed E-state index contributed by atoms with van der Waals surface area (Å²) in [5.74, 6) is -0.577. The molecule has 1 aromatic rings. The zero-order chi connectivity index (χ0) is 17.3. The second kappa shape index (κ2) is 6.30. The molecule has 0 N–H and O–H groups in total. The van der Waals surface area contributed by atoms with E-state index in [4.69, 9.17) is 9.15 Å². The molecular weight excluding hydrogens is 340 g/mol. The molecular formula is C13H16N4O6S. The van der Waals surface area contributed by atoms with Crippen molar-refractivity contribution in [3.8, 4) is 0 Å². The van der Waals surface area contributed by atoms with Gasteiger partial charge in [0, 0.05) is 19.8 Å². The number of ether oxygens (including phenoxy) is 1. The fourth-order valence-corrected chi connectivity index (χ4v) is 4.27. The maximum Gasteiger partial charge on any atom is 0.355 e. The number of nitrogens with zero attached hydrogens (tertiary/aromatic N) is 4. The summed E-state index contributed by atoms with van der Waals surface area (Å²) < 4.78 is 33.3. The Morgan fingerprint density at radius 2 is 2.17 bits per heavy atom. The Bertz CT molecular complexity index is 799. The lowest BCUT2D eigenvalue weighted by Crippen LogP contribution is -2.42. The number of hydrogen-bond acceptors (Lipinski definition) is 9. The van der Waals surface area contributed by atoms with Crippen molar-refractivity contribution in [2.24, 2.45) is 5.10 Å². The van der Waals surface area contributed by atoms with E-state index in [1.807, 2.05) is 0 Å². The van der Waals surface area contributed by atoms with Gasteiger partial charge in [0.25, 0.3) is 5.89 Å². The predicted octanol–water partition coefficient (Wildman–Crippen LogP) is -0.413. The van der Waals surface area contributed by atoms with Gasteiger partial charge in [0.2, 0.25) is 11.8 Å². The van der Waals surface area contributed by atoms with Gasteiger partial charge in [-0.15, -0.1) is 10.2 Å². The van der Waals surface area contributed by atoms with E-state index in [9.17, 15) is 18.0 Å². The van der Waals surface area contributed by atoms with E-state index in [1.165, 1.54) is 0 Å². The average Bonchev–Trinajstić information content (AvgIpc) is 3.10. The molecule has 11 heteroatoms. The molecule has 0 saturated carbocycles. The first-order chi connectivity index (χ1) is 11.3. The normalized spacial score (nSPS) is 23.2. The zero-order valence-corrected chi connectivity index (χ0v) is 13.8. The molecule has 1 atom stereocenters. The Morgan fingerprint density at radius 1 is 1.38 bits per heavy atom. The molecule has 0 bridgehead atoms. The third-order valence-electron chi connectivity index (χ3n) is 3.74. The molecule has 1 fully saturated rings. The molecule has 2 aliphatic rings. The van der Waals surface area contributed by atoms with Gasteiger partial charge in [0.05, 0.1) is 17.5 Å². The number of rotatable bonds is 4. The molecule has 3 rings (SSSR count). The van der Waals surface area contributed by atoms with Crippen LogP contribution in [0.4, 0.5) is 0 Å². The van der Waals surface area contributed by atoms with Gasteiger partial charge in [-0.3, -0.25) is 4.79 Å². The number of sulfone groups is 1. The van der Waals surface area contributed by atoms with Crippen LogP contribution in [0.5, 0.6) is 0 Å². The summed E-state index contributed by atoms with van der Waals surface area (Å²) in [6.45, 7) is 1.42. The lowest BCUT2D eigenvalue weighted by atomic mass is 10.1. The van der Waals surface area contributed by atoms with Crippen molar-refractivity contribution in [1.82, 2.24) is 15.2 Å². The first-order valence-electron chi connectivity index (χ1n) is 7.40. The smallest absolute Gasteiger partial charge is 0.355 e. The van der Waals surface area contributed by atoms with Crippen molar-refractivity contribution < 1.29 is 27.2 Å². The third kappa shape index (κ3) is 3.61. The number of hydrazone groups is 1. The van der Waals surface area contributed by atoms with Crippen LogP contribution in [-0.2, 0) is 30.8 Å². The van der Waals surface area contributed by atoms with Gasteiger partial charge in [-0.25, -0.2) is 18.2 Å². The largest absolute Gasteiger partial charge is 0.451 e. The molecule has 0 unspecified atom stereocenters. The van der Waals surface area contributed by atoms with Crippen molar-refractivity contribution in [3.63, 3.8) is 0 Å². The second-order valence-corrected chi connectivity index (χ2v) is 7.86. The van der Waals surface area contributed by atoms with Gasteiger partial charge in [-0.2, -0.15) is 5.10 Å². The van der Waals surface area contributed by atoms with Crippen LogP contribution in [0.15, 0.2) is 9.52 Å². The zero-order valence-electron chi connectivity index (χ0n) is 13.0. The van der Waals surface area contributed by atoms with Crippen LogP contribution >= 0.6 is 0 Å². The molecule has 3 heterocycles. The molecule has 130 valence electrons. The topological polar surface area (TPSA) is 132 Å². The summed E-state index contributed by atoms with van der Waals surface area (Å²) in [5, 5.41) is 12.5. The van der Waals surface area contributed by atoms with Crippen LogP contribution in [0.2, 0.25) is 0 Å². The van der Waals surface area contributed by atoms with Gasteiger partial charge < -0.3 is 9.15 Å². The number of carbonyl (C=O) groups is 2. The number of esters is 1. The minimum absolute atomic E-state index is 0.0211. The van der Waals surface area contributed by atoms with Crippen molar-refractivity contribution in [1.29, 1.82) is 0 Å². The van der Waals surface area contributed by atoms with Gasteiger partial charge >= 0.3 is 5.97 Å². The fraction of sp³-hybridized carbons (Fsp3) is 0.615. The first-order valence-corrected chi connectivity index (χ1v) is 9.22. The maximum atomic E-state index is 12.1. The minimum Gasteiger partial charge on any atom is -0.451 e. The standard InChI is InChI=1S/C13H16N4O6S/c1-8-14-15-11(23-8)6-22-13(19)10-2-3-12(18)17(16-10)9-4-5-24(20,21)7-9/h9H,2-7H2,1H3/t9-/m0/s1. The third-order valence-corrected chi connectivity index (χ3v) is 5.49. The Labute approximate surface area is 137 Å². The lowest BCUT2D eigenvalue weighted by molar-refractivity contribution is -0.138. The SMILES string of the molecule is Cc1nnc(COC(=O)C2=NN([C@H]3CCS(=O)(=O)C3)C(=O)CC2)o1. The molecule has 1 aromatic heterocycles.